The van der Waals surface area contributed by atoms with Crippen molar-refractivity contribution in [3.05, 3.63) is 35.5 Å². The summed E-state index contributed by atoms with van der Waals surface area (Å²) in [5.74, 6) is 3.67. The molecule has 1 N–H and O–H groups in total. The van der Waals surface area contributed by atoms with Gasteiger partial charge >= 0.3 is 0 Å². The van der Waals surface area contributed by atoms with Crippen molar-refractivity contribution in [3.63, 3.8) is 0 Å². The molecule has 1 heteroatoms. The van der Waals surface area contributed by atoms with Crippen LogP contribution < -0.4 is 0 Å². The number of aliphatic hydroxyl groups is 1. The highest BCUT2D eigenvalue weighted by atomic mass is 16.3. The second kappa shape index (κ2) is 6.90. The Morgan fingerprint density at radius 1 is 0.963 bits per heavy atom. The fourth-order valence-corrected chi connectivity index (χ4v) is 7.42. The van der Waals surface area contributed by atoms with E-state index in [4.69, 9.17) is 0 Å². The predicted octanol–water partition coefficient (Wildman–Crippen LogP) is 6.69. The van der Waals surface area contributed by atoms with Crippen LogP contribution in [-0.2, 0) is 0 Å². The average molecular weight is 369 g/mol. The lowest BCUT2D eigenvalue weighted by Crippen LogP contribution is -2.46. The van der Waals surface area contributed by atoms with E-state index in [1.165, 1.54) is 37.7 Å². The van der Waals surface area contributed by atoms with Crippen LogP contribution in [-0.4, -0.2) is 11.2 Å². The quantitative estimate of drug-likeness (QED) is 0.550. The molecule has 0 aliphatic heterocycles. The van der Waals surface area contributed by atoms with Crippen LogP contribution in [0.15, 0.2) is 35.5 Å². The summed E-state index contributed by atoms with van der Waals surface area (Å²) >= 11 is 0. The molecule has 0 amide bonds. The van der Waals surface area contributed by atoms with Gasteiger partial charge in [0, 0.05) is 0 Å². The fraction of sp³-hybridized carbons (Fsp3) is 0.769. The number of fused-ring (bicyclic) bond motifs is 5. The molecule has 3 saturated carbocycles. The van der Waals surface area contributed by atoms with Crippen LogP contribution in [0.25, 0.3) is 0 Å². The highest BCUT2D eigenvalue weighted by Gasteiger charge is 2.56. The molecule has 0 saturated heterocycles. The lowest BCUT2D eigenvalue weighted by molar-refractivity contribution is 0.0383. The molecule has 0 heterocycles. The minimum atomic E-state index is -0.113. The summed E-state index contributed by atoms with van der Waals surface area (Å²) in [6.07, 6.45) is 18.3. The molecular formula is C26H40O. The first kappa shape index (κ1) is 19.5. The summed E-state index contributed by atoms with van der Waals surface area (Å²) < 4.78 is 0. The third kappa shape index (κ3) is 3.09. The van der Waals surface area contributed by atoms with Gasteiger partial charge in [0.1, 0.15) is 0 Å². The molecule has 0 bridgehead atoms. The van der Waals surface area contributed by atoms with Gasteiger partial charge in [0.05, 0.1) is 6.10 Å². The molecule has 4 rings (SSSR count). The van der Waals surface area contributed by atoms with Gasteiger partial charge in [-0.2, -0.15) is 0 Å². The first-order valence-corrected chi connectivity index (χ1v) is 11.5. The molecule has 0 aromatic rings. The van der Waals surface area contributed by atoms with Gasteiger partial charge < -0.3 is 5.11 Å². The van der Waals surface area contributed by atoms with Crippen molar-refractivity contribution < 1.29 is 5.11 Å². The molecule has 0 spiro atoms. The van der Waals surface area contributed by atoms with E-state index in [-0.39, 0.29) is 6.10 Å². The van der Waals surface area contributed by atoms with Crippen LogP contribution in [0.5, 0.6) is 0 Å². The summed E-state index contributed by atoms with van der Waals surface area (Å²) in [5, 5.41) is 10.2. The number of rotatable bonds is 3. The Morgan fingerprint density at radius 3 is 2.48 bits per heavy atom. The Hall–Kier alpha value is -0.820. The SMILES string of the molecule is CC(C)C=CC(C)C1CCC2C3=CC=C4CC(O)CCC4(C)C3CCC21C. The molecule has 1 nitrogen and oxygen atoms in total. The van der Waals surface area contributed by atoms with E-state index in [1.807, 2.05) is 0 Å². The maximum absolute atomic E-state index is 10.2. The van der Waals surface area contributed by atoms with Crippen molar-refractivity contribution in [2.75, 3.05) is 0 Å². The van der Waals surface area contributed by atoms with E-state index in [9.17, 15) is 5.11 Å². The van der Waals surface area contributed by atoms with Crippen molar-refractivity contribution in [2.24, 2.45) is 40.4 Å². The summed E-state index contributed by atoms with van der Waals surface area (Å²) in [5.41, 5.74) is 4.08. The van der Waals surface area contributed by atoms with Gasteiger partial charge in [-0.15, -0.1) is 0 Å². The van der Waals surface area contributed by atoms with Crippen LogP contribution >= 0.6 is 0 Å². The van der Waals surface area contributed by atoms with Crippen molar-refractivity contribution in [2.45, 2.75) is 85.7 Å². The zero-order valence-electron chi connectivity index (χ0n) is 18.2. The van der Waals surface area contributed by atoms with Gasteiger partial charge in [0.25, 0.3) is 0 Å². The zero-order valence-corrected chi connectivity index (χ0v) is 18.2. The minimum absolute atomic E-state index is 0.113. The summed E-state index contributed by atoms with van der Waals surface area (Å²) in [4.78, 5) is 0. The molecule has 4 aliphatic rings. The van der Waals surface area contributed by atoms with E-state index in [0.717, 1.165) is 30.6 Å². The van der Waals surface area contributed by atoms with Crippen LogP contribution in [0.3, 0.4) is 0 Å². The van der Waals surface area contributed by atoms with Gasteiger partial charge in [-0.05, 0) is 85.4 Å². The molecule has 4 aliphatic carbocycles. The number of allylic oxidation sites excluding steroid dienone is 5. The van der Waals surface area contributed by atoms with E-state index in [0.29, 0.717) is 22.7 Å². The maximum Gasteiger partial charge on any atom is 0.0578 e. The predicted molar refractivity (Wildman–Crippen MR) is 114 cm³/mol. The van der Waals surface area contributed by atoms with Gasteiger partial charge in [0.2, 0.25) is 0 Å². The Kier molecular flexibility index (Phi) is 4.98. The van der Waals surface area contributed by atoms with Crippen molar-refractivity contribution in [3.8, 4) is 0 Å². The molecule has 150 valence electrons. The van der Waals surface area contributed by atoms with Crippen LogP contribution in [0.1, 0.15) is 79.6 Å². The Balaban J connectivity index is 1.61. The lowest BCUT2D eigenvalue weighted by Gasteiger charge is -2.55. The van der Waals surface area contributed by atoms with E-state index >= 15 is 0 Å². The monoisotopic (exact) mass is 368 g/mol. The topological polar surface area (TPSA) is 20.2 Å². The first-order valence-electron chi connectivity index (χ1n) is 11.5. The largest absolute Gasteiger partial charge is 0.393 e. The van der Waals surface area contributed by atoms with Gasteiger partial charge in [-0.25, -0.2) is 0 Å². The minimum Gasteiger partial charge on any atom is -0.393 e. The Labute approximate surface area is 167 Å². The van der Waals surface area contributed by atoms with Gasteiger partial charge in [-0.1, -0.05) is 70.1 Å². The number of aliphatic hydroxyl groups excluding tert-OH is 1. The van der Waals surface area contributed by atoms with Crippen molar-refractivity contribution >= 4 is 0 Å². The smallest absolute Gasteiger partial charge is 0.0578 e. The third-order valence-electron chi connectivity index (χ3n) is 9.05. The van der Waals surface area contributed by atoms with Gasteiger partial charge in [-0.3, -0.25) is 0 Å². The molecule has 7 atom stereocenters. The summed E-state index contributed by atoms with van der Waals surface area (Å²) in [6, 6.07) is 0. The highest BCUT2D eigenvalue weighted by Crippen LogP contribution is 2.65. The maximum atomic E-state index is 10.2. The zero-order chi connectivity index (χ0) is 19.4. The van der Waals surface area contributed by atoms with E-state index in [1.54, 1.807) is 5.57 Å². The second-order valence-corrected chi connectivity index (χ2v) is 11.0. The Morgan fingerprint density at radius 2 is 1.74 bits per heavy atom. The van der Waals surface area contributed by atoms with Gasteiger partial charge in [0.15, 0.2) is 0 Å². The standard InChI is InChI=1S/C26H40O/c1-17(2)6-7-18(3)22-10-11-23-21-9-8-19-16-20(27)12-14-25(19,4)24(21)13-15-26(22,23)5/h6-9,17-18,20,22-24,27H,10-16H2,1-5H3. The van der Waals surface area contributed by atoms with Crippen LogP contribution in [0.2, 0.25) is 0 Å². The van der Waals surface area contributed by atoms with E-state index in [2.05, 4.69) is 58.9 Å². The molecular weight excluding hydrogens is 328 g/mol. The summed E-state index contributed by atoms with van der Waals surface area (Å²) in [6.45, 7) is 12.1. The normalized spacial score (nSPS) is 45.1. The molecule has 0 aromatic heterocycles. The highest BCUT2D eigenvalue weighted by molar-refractivity contribution is 5.39. The molecule has 7 unspecified atom stereocenters. The van der Waals surface area contributed by atoms with Crippen LogP contribution in [0, 0.1) is 40.4 Å². The van der Waals surface area contributed by atoms with Crippen molar-refractivity contribution in [1.29, 1.82) is 0 Å². The summed E-state index contributed by atoms with van der Waals surface area (Å²) in [7, 11) is 0. The number of hydrogen-bond donors (Lipinski definition) is 1. The lowest BCUT2D eigenvalue weighted by atomic mass is 9.50. The Bertz CT molecular complexity index is 668. The fourth-order valence-electron chi connectivity index (χ4n) is 7.42. The molecule has 0 radical (unpaired) electrons. The van der Waals surface area contributed by atoms with Crippen LogP contribution in [0.4, 0.5) is 0 Å². The molecule has 27 heavy (non-hydrogen) atoms. The average Bonchev–Trinajstić information content (AvgIpc) is 2.97. The third-order valence-corrected chi connectivity index (χ3v) is 9.05. The first-order chi connectivity index (χ1) is 12.8. The second-order valence-electron chi connectivity index (χ2n) is 11.0. The van der Waals surface area contributed by atoms with Crippen molar-refractivity contribution in [1.82, 2.24) is 0 Å². The van der Waals surface area contributed by atoms with E-state index < -0.39 is 0 Å². The molecule has 0 aromatic carbocycles. The molecule has 3 fully saturated rings. The number of hydrogen-bond acceptors (Lipinski definition) is 1.